The van der Waals surface area contributed by atoms with Crippen LogP contribution in [0.2, 0.25) is 0 Å². The van der Waals surface area contributed by atoms with Gasteiger partial charge >= 0.3 is 0 Å². The number of hydrogen-bond donors (Lipinski definition) is 2. The fraction of sp³-hybridized carbons (Fsp3) is 0.286. The van der Waals surface area contributed by atoms with Crippen LogP contribution in [0.15, 0.2) is 29.3 Å². The number of nitrogens with one attached hydrogen (secondary N) is 2. The van der Waals surface area contributed by atoms with Crippen molar-refractivity contribution in [3.8, 4) is 0 Å². The topological polar surface area (TPSA) is 55.1 Å². The average Bonchev–Trinajstić information content (AvgIpc) is 2.77. The summed E-state index contributed by atoms with van der Waals surface area (Å²) in [4.78, 5) is 21.0. The summed E-state index contributed by atoms with van der Waals surface area (Å²) in [6, 6.07) is 4.39. The number of quaternary nitrogens is 1. The number of likely N-dealkylation sites (N-methyl/N-ethyl adjacent to an activating group) is 1. The lowest BCUT2D eigenvalue weighted by Gasteiger charge is -2.08. The third kappa shape index (κ3) is 2.08. The Bertz CT molecular complexity index is 834. The van der Waals surface area contributed by atoms with Crippen molar-refractivity contribution < 1.29 is 9.29 Å². The molecule has 0 radical (unpaired) electrons. The van der Waals surface area contributed by atoms with Gasteiger partial charge in [0.2, 0.25) is 0 Å². The lowest BCUT2D eigenvalue weighted by molar-refractivity contribution is -0.858. The molecule has 5 nitrogen and oxygen atoms in total. The van der Waals surface area contributed by atoms with Gasteiger partial charge in [0, 0.05) is 10.9 Å². The van der Waals surface area contributed by atoms with Crippen LogP contribution in [0, 0.1) is 5.82 Å². The molecule has 2 aromatic heterocycles. The number of benzene rings is 1. The van der Waals surface area contributed by atoms with Crippen molar-refractivity contribution in [2.45, 2.75) is 6.54 Å². The number of aromatic amines is 1. The molecule has 0 saturated heterocycles. The number of hydrogen-bond acceptors (Lipinski definition) is 2. The molecular formula is C14H16FN4O+. The Balaban J connectivity index is 2.18. The van der Waals surface area contributed by atoms with Gasteiger partial charge < -0.3 is 9.88 Å². The first-order chi connectivity index (χ1) is 9.56. The van der Waals surface area contributed by atoms with E-state index in [2.05, 4.69) is 9.97 Å². The standard InChI is InChI=1S/C14H15FN4O/c1-18(2)5-6-19-8-16-12-10-7-9(15)3-4-11(10)17-13(12)14(19)20/h3-4,7-8,17H,5-6H2,1-2H3/p+1. The summed E-state index contributed by atoms with van der Waals surface area (Å²) in [6.07, 6.45) is 1.53. The van der Waals surface area contributed by atoms with Gasteiger partial charge in [-0.2, -0.15) is 0 Å². The SMILES string of the molecule is C[NH+](C)CCn1cnc2c([nH]c3ccc(F)cc32)c1=O. The fourth-order valence-electron chi connectivity index (χ4n) is 2.27. The van der Waals surface area contributed by atoms with E-state index in [4.69, 9.17) is 0 Å². The van der Waals surface area contributed by atoms with Gasteiger partial charge in [-0.1, -0.05) is 0 Å². The summed E-state index contributed by atoms with van der Waals surface area (Å²) in [7, 11) is 4.06. The number of halogens is 1. The molecule has 0 amide bonds. The number of H-pyrrole nitrogens is 1. The van der Waals surface area contributed by atoms with Gasteiger partial charge in [-0.3, -0.25) is 9.36 Å². The molecule has 0 atom stereocenters. The highest BCUT2D eigenvalue weighted by Gasteiger charge is 2.11. The first-order valence-electron chi connectivity index (χ1n) is 6.51. The van der Waals surface area contributed by atoms with Crippen LogP contribution in [-0.4, -0.2) is 35.2 Å². The molecule has 2 heterocycles. The maximum absolute atomic E-state index is 13.3. The lowest BCUT2D eigenvalue weighted by Crippen LogP contribution is -3.06. The zero-order chi connectivity index (χ0) is 14.3. The van der Waals surface area contributed by atoms with E-state index in [1.54, 1.807) is 10.6 Å². The van der Waals surface area contributed by atoms with E-state index in [0.717, 1.165) is 12.1 Å². The molecule has 20 heavy (non-hydrogen) atoms. The van der Waals surface area contributed by atoms with Crippen molar-refractivity contribution in [3.63, 3.8) is 0 Å². The fourth-order valence-corrected chi connectivity index (χ4v) is 2.27. The van der Waals surface area contributed by atoms with E-state index in [-0.39, 0.29) is 11.4 Å². The summed E-state index contributed by atoms with van der Waals surface area (Å²) in [5.74, 6) is -0.333. The Morgan fingerprint density at radius 2 is 2.20 bits per heavy atom. The van der Waals surface area contributed by atoms with Crippen molar-refractivity contribution in [3.05, 3.63) is 40.7 Å². The quantitative estimate of drug-likeness (QED) is 0.715. The van der Waals surface area contributed by atoms with Crippen LogP contribution >= 0.6 is 0 Å². The second-order valence-corrected chi connectivity index (χ2v) is 5.24. The third-order valence-electron chi connectivity index (χ3n) is 3.39. The van der Waals surface area contributed by atoms with E-state index in [1.807, 2.05) is 14.1 Å². The Labute approximate surface area is 114 Å². The molecule has 3 rings (SSSR count). The van der Waals surface area contributed by atoms with Crippen molar-refractivity contribution in [2.24, 2.45) is 0 Å². The van der Waals surface area contributed by atoms with Crippen molar-refractivity contribution in [2.75, 3.05) is 20.6 Å². The molecule has 0 saturated carbocycles. The number of nitrogens with zero attached hydrogens (tertiary/aromatic N) is 2. The predicted molar refractivity (Wildman–Crippen MR) is 75.5 cm³/mol. The third-order valence-corrected chi connectivity index (χ3v) is 3.39. The molecular weight excluding hydrogens is 259 g/mol. The van der Waals surface area contributed by atoms with Crippen LogP contribution in [0.1, 0.15) is 0 Å². The number of aromatic nitrogens is 3. The summed E-state index contributed by atoms with van der Waals surface area (Å²) in [5, 5.41) is 0.641. The largest absolute Gasteiger partial charge is 0.349 e. The van der Waals surface area contributed by atoms with E-state index in [1.165, 1.54) is 23.4 Å². The Morgan fingerprint density at radius 1 is 1.40 bits per heavy atom. The highest BCUT2D eigenvalue weighted by atomic mass is 19.1. The number of rotatable bonds is 3. The van der Waals surface area contributed by atoms with Gasteiger partial charge in [-0.05, 0) is 18.2 Å². The van der Waals surface area contributed by atoms with Gasteiger partial charge in [0.15, 0.2) is 0 Å². The molecule has 0 aliphatic rings. The second-order valence-electron chi connectivity index (χ2n) is 5.24. The molecule has 0 aliphatic carbocycles. The normalized spacial score (nSPS) is 11.8. The maximum Gasteiger partial charge on any atom is 0.277 e. The Kier molecular flexibility index (Phi) is 3.02. The van der Waals surface area contributed by atoms with Gasteiger partial charge in [0.1, 0.15) is 16.9 Å². The smallest absolute Gasteiger partial charge is 0.277 e. The maximum atomic E-state index is 13.3. The molecule has 104 valence electrons. The second kappa shape index (κ2) is 4.72. The first kappa shape index (κ1) is 12.8. The van der Waals surface area contributed by atoms with E-state index < -0.39 is 0 Å². The number of fused-ring (bicyclic) bond motifs is 3. The van der Waals surface area contributed by atoms with Gasteiger partial charge in [0.05, 0.1) is 33.5 Å². The molecule has 2 N–H and O–H groups in total. The molecule has 0 spiro atoms. The molecule has 6 heteroatoms. The van der Waals surface area contributed by atoms with Crippen LogP contribution in [-0.2, 0) is 6.54 Å². The Morgan fingerprint density at radius 3 is 2.95 bits per heavy atom. The first-order valence-corrected chi connectivity index (χ1v) is 6.51. The van der Waals surface area contributed by atoms with E-state index in [9.17, 15) is 9.18 Å². The van der Waals surface area contributed by atoms with E-state index >= 15 is 0 Å². The van der Waals surface area contributed by atoms with Crippen LogP contribution in [0.3, 0.4) is 0 Å². The van der Waals surface area contributed by atoms with Crippen LogP contribution in [0.25, 0.3) is 21.9 Å². The van der Waals surface area contributed by atoms with E-state index in [0.29, 0.717) is 23.0 Å². The molecule has 1 aromatic carbocycles. The molecule has 0 fully saturated rings. The minimum absolute atomic E-state index is 0.118. The predicted octanol–water partition coefficient (Wildman–Crippen LogP) is 0.161. The monoisotopic (exact) mass is 275 g/mol. The van der Waals surface area contributed by atoms with Crippen LogP contribution in [0.4, 0.5) is 4.39 Å². The van der Waals surface area contributed by atoms with Gasteiger partial charge in [-0.15, -0.1) is 0 Å². The van der Waals surface area contributed by atoms with Gasteiger partial charge in [0.25, 0.3) is 5.56 Å². The molecule has 0 aliphatic heterocycles. The van der Waals surface area contributed by atoms with Gasteiger partial charge in [-0.25, -0.2) is 9.37 Å². The summed E-state index contributed by atoms with van der Waals surface area (Å²) >= 11 is 0. The summed E-state index contributed by atoms with van der Waals surface area (Å²) in [5.41, 5.74) is 1.56. The van der Waals surface area contributed by atoms with Crippen molar-refractivity contribution >= 4 is 21.9 Å². The highest BCUT2D eigenvalue weighted by Crippen LogP contribution is 2.21. The zero-order valence-electron chi connectivity index (χ0n) is 11.4. The van der Waals surface area contributed by atoms with Crippen molar-refractivity contribution in [1.29, 1.82) is 0 Å². The Hall–Kier alpha value is -2.21. The molecule has 0 bridgehead atoms. The summed E-state index contributed by atoms with van der Waals surface area (Å²) < 4.78 is 14.9. The zero-order valence-corrected chi connectivity index (χ0v) is 11.4. The van der Waals surface area contributed by atoms with Crippen LogP contribution < -0.4 is 10.5 Å². The average molecular weight is 275 g/mol. The minimum atomic E-state index is -0.333. The molecule has 3 aromatic rings. The summed E-state index contributed by atoms with van der Waals surface area (Å²) in [6.45, 7) is 1.44. The van der Waals surface area contributed by atoms with Crippen molar-refractivity contribution in [1.82, 2.24) is 14.5 Å². The highest BCUT2D eigenvalue weighted by molar-refractivity contribution is 6.04. The van der Waals surface area contributed by atoms with Crippen LogP contribution in [0.5, 0.6) is 0 Å². The lowest BCUT2D eigenvalue weighted by atomic mass is 10.2. The minimum Gasteiger partial charge on any atom is -0.349 e. The molecule has 0 unspecified atom stereocenters.